The topological polar surface area (TPSA) is 7.76 Å². The van der Waals surface area contributed by atoms with Gasteiger partial charge in [-0.1, -0.05) is 35.3 Å². The Morgan fingerprint density at radius 2 is 1.06 bits per heavy atom. The monoisotopic (exact) mass is 447 g/mol. The third-order valence-corrected chi connectivity index (χ3v) is 4.41. The molecule has 0 aliphatic heterocycles. The van der Waals surface area contributed by atoms with E-state index in [1.807, 2.05) is 0 Å². The van der Waals surface area contributed by atoms with Crippen LogP contribution in [0.15, 0.2) is 72.8 Å². The van der Waals surface area contributed by atoms with E-state index < -0.39 is 116 Å². The molecule has 164 valence electrons. The van der Waals surface area contributed by atoms with E-state index in [9.17, 15) is 0 Å². The highest BCUT2D eigenvalue weighted by Gasteiger charge is 2.12. The fourth-order valence-corrected chi connectivity index (χ4v) is 2.92. The molecule has 0 unspecified atom stereocenters. The van der Waals surface area contributed by atoms with Crippen LogP contribution in [0, 0.1) is 41.3 Å². The Kier molecular flexibility index (Phi) is 2.37. The fourth-order valence-electron chi connectivity index (χ4n) is 2.92. The van der Waals surface area contributed by atoms with E-state index in [0.717, 1.165) is 15.2 Å². The third-order valence-electron chi connectivity index (χ3n) is 4.41. The summed E-state index contributed by atoms with van der Waals surface area (Å²) in [6.07, 6.45) is -1.01. The lowest BCUT2D eigenvalue weighted by atomic mass is 10.0. The van der Waals surface area contributed by atoms with Crippen molar-refractivity contribution in [2.75, 3.05) is 0 Å². The van der Waals surface area contributed by atoms with Gasteiger partial charge in [0.2, 0.25) is 11.4 Å². The molecule has 2 heteroatoms. The molecule has 0 N–H and O–H groups in total. The smallest absolute Gasteiger partial charge is 0.201 e. The van der Waals surface area contributed by atoms with E-state index in [2.05, 4.69) is 0 Å². The summed E-state index contributed by atoms with van der Waals surface area (Å²) in [6, 6.07) is -3.82. The van der Waals surface area contributed by atoms with Crippen molar-refractivity contribution in [1.29, 1.82) is 0 Å². The minimum Gasteiger partial charge on any atom is -0.201 e. The van der Waals surface area contributed by atoms with Crippen LogP contribution in [0.5, 0.6) is 0 Å². The minimum absolute atomic E-state index is 0.00309. The van der Waals surface area contributed by atoms with Gasteiger partial charge in [-0.25, -0.2) is 9.13 Å². The van der Waals surface area contributed by atoms with Crippen molar-refractivity contribution in [3.63, 3.8) is 0 Å². The van der Waals surface area contributed by atoms with E-state index in [1.54, 1.807) is 0 Å². The van der Waals surface area contributed by atoms with Crippen LogP contribution < -0.4 is 9.13 Å². The van der Waals surface area contributed by atoms with Crippen molar-refractivity contribution in [2.45, 2.75) is 41.3 Å². The highest BCUT2D eigenvalue weighted by atomic mass is 14.9. The molecule has 0 fully saturated rings. The van der Waals surface area contributed by atoms with Crippen LogP contribution >= 0.6 is 0 Å². The molecule has 2 aromatic heterocycles. The highest BCUT2D eigenvalue weighted by Crippen LogP contribution is 2.22. The number of aromatic nitrogens is 2. The summed E-state index contributed by atoms with van der Waals surface area (Å²) in [6.45, 7) is -8.21. The van der Waals surface area contributed by atoms with E-state index >= 15 is 0 Å². The molecule has 0 saturated carbocycles. The molecule has 2 nitrogen and oxygen atoms in total. The van der Waals surface area contributed by atoms with Gasteiger partial charge >= 0.3 is 0 Å². The molecule has 0 radical (unpaired) electrons. The molecule has 4 aromatic rings. The maximum absolute atomic E-state index is 8.25. The number of hydrogen-bond acceptors (Lipinski definition) is 0. The Labute approximate surface area is 226 Å². The third kappa shape index (κ3) is 5.50. The van der Waals surface area contributed by atoms with Crippen molar-refractivity contribution in [2.24, 2.45) is 14.1 Å². The molecule has 0 atom stereocenters. The largest absolute Gasteiger partial charge is 0.212 e. The quantitative estimate of drug-likeness (QED) is 0.323. The molecular formula is C30H36N2+2. The number of rotatable bonds is 2. The number of hydrogen-bond donors (Lipinski definition) is 0. The van der Waals surface area contributed by atoms with Gasteiger partial charge < -0.3 is 0 Å². The second-order valence-electron chi connectivity index (χ2n) is 6.86. The van der Waals surface area contributed by atoms with Gasteiger partial charge in [0, 0.05) is 50.8 Å². The van der Waals surface area contributed by atoms with E-state index in [4.69, 9.17) is 31.5 Å². The van der Waals surface area contributed by atoms with Gasteiger partial charge in [0.1, 0.15) is 16.8 Å². The SMILES string of the molecule is [2H]c1c([2H])c(C([2H])([2H])[2H])c([2H])c(C)c1-c1c([2H])c([2H])c(C([2H])([2H])[2H])c([2H])[n+]1C.[2H]c1cc(-c2c([2H])c([2H])c(C([2H])([2H])[2H])c([2H])c2C)[n+](C)c([2H])c1C([2H])([2H])[2H]. The summed E-state index contributed by atoms with van der Waals surface area (Å²) < 4.78 is 182. The van der Waals surface area contributed by atoms with Gasteiger partial charge in [0.25, 0.3) is 0 Å². The number of benzene rings is 2. The first-order valence-corrected chi connectivity index (χ1v) is 9.37. The number of nitrogens with zero attached hydrogens (tertiary/aromatic N) is 2. The molecule has 2 aromatic carbocycles. The first-order valence-electron chi connectivity index (χ1n) is 20.9. The Hall–Kier alpha value is -3.26. The Morgan fingerprint density at radius 1 is 0.594 bits per heavy atom. The maximum atomic E-state index is 8.25. The van der Waals surface area contributed by atoms with Gasteiger partial charge in [-0.15, -0.1) is 0 Å². The zero-order valence-electron chi connectivity index (χ0n) is 41.0. The van der Waals surface area contributed by atoms with Crippen LogP contribution in [-0.4, -0.2) is 0 Å². The van der Waals surface area contributed by atoms with Gasteiger partial charge in [0.15, 0.2) is 12.3 Å². The first kappa shape index (κ1) is 7.66. The normalized spacial score (nSPS) is 22.4. The Morgan fingerprint density at radius 3 is 1.62 bits per heavy atom. The fraction of sp³-hybridized carbons (Fsp3) is 0.267. The van der Waals surface area contributed by atoms with Crippen molar-refractivity contribution in [3.8, 4) is 22.5 Å². The number of pyridine rings is 2. The molecule has 4 rings (SSSR count). The van der Waals surface area contributed by atoms with Crippen molar-refractivity contribution >= 4 is 0 Å². The van der Waals surface area contributed by atoms with Crippen LogP contribution in [0.25, 0.3) is 22.5 Å². The Balaban J connectivity index is 0.000000296. The van der Waals surface area contributed by atoms with Crippen LogP contribution in [0.3, 0.4) is 0 Å². The van der Waals surface area contributed by atoms with Crippen LogP contribution in [0.4, 0.5) is 0 Å². The summed E-state index contributed by atoms with van der Waals surface area (Å²) in [7, 11) is 2.67. The van der Waals surface area contributed by atoms with Crippen LogP contribution in [0.2, 0.25) is 0 Å². The van der Waals surface area contributed by atoms with Gasteiger partial charge in [0.05, 0.1) is 12.3 Å². The average Bonchev–Trinajstić information content (AvgIpc) is 3.00. The zero-order chi connectivity index (χ0) is 43.0. The summed E-state index contributed by atoms with van der Waals surface area (Å²) in [4.78, 5) is 0. The van der Waals surface area contributed by atoms with Gasteiger partial charge in [-0.05, 0) is 76.6 Å². The predicted octanol–water partition coefficient (Wildman–Crippen LogP) is 6.21. The predicted molar refractivity (Wildman–Crippen MR) is 135 cm³/mol. The standard InChI is InChI=1S/2C15H18N/c2*1-11-5-7-14(13(3)9-11)15-8-6-12(2)10-16(15)4/h2*5-10H,1-4H3/q2*+1/i1D3,2D3,5D,6D,7D,8D,9D,10D;1D3,2D3,5D,6D,7D,9D,10D. The second-order valence-corrected chi connectivity index (χ2v) is 6.86. The summed E-state index contributed by atoms with van der Waals surface area (Å²) >= 11 is 0. The highest BCUT2D eigenvalue weighted by molar-refractivity contribution is 5.62. The van der Waals surface area contributed by atoms with Gasteiger partial charge in [-0.3, -0.25) is 0 Å². The van der Waals surface area contributed by atoms with E-state index in [1.165, 1.54) is 27.9 Å². The summed E-state index contributed by atoms with van der Waals surface area (Å²) in [5.41, 5.74) is -2.30. The first-order chi connectivity index (χ1) is 24.6. The lowest BCUT2D eigenvalue weighted by Gasteiger charge is -2.05. The lowest BCUT2D eigenvalue weighted by molar-refractivity contribution is -0.660. The van der Waals surface area contributed by atoms with E-state index in [-0.39, 0.29) is 33.6 Å². The Bertz CT molecular complexity index is 2040. The van der Waals surface area contributed by atoms with Crippen LogP contribution in [0.1, 0.15) is 64.9 Å². The molecule has 0 spiro atoms. The van der Waals surface area contributed by atoms with Crippen molar-refractivity contribution < 1.29 is 40.7 Å². The van der Waals surface area contributed by atoms with E-state index in [0.29, 0.717) is 0 Å². The van der Waals surface area contributed by atoms with Gasteiger partial charge in [-0.2, -0.15) is 0 Å². The average molecular weight is 448 g/mol. The minimum atomic E-state index is -2.80. The molecule has 0 saturated heterocycles. The van der Waals surface area contributed by atoms with Crippen LogP contribution in [-0.2, 0) is 14.1 Å². The zero-order valence-corrected chi connectivity index (χ0v) is 18.0. The lowest BCUT2D eigenvalue weighted by Crippen LogP contribution is -2.31. The molecule has 2 heterocycles. The molecule has 0 aliphatic rings. The molecule has 0 amide bonds. The summed E-state index contributed by atoms with van der Waals surface area (Å²) in [5, 5.41) is 0. The van der Waals surface area contributed by atoms with Crippen molar-refractivity contribution in [3.05, 3.63) is 106 Å². The molecule has 32 heavy (non-hydrogen) atoms. The van der Waals surface area contributed by atoms with Crippen molar-refractivity contribution in [1.82, 2.24) is 0 Å². The summed E-state index contributed by atoms with van der Waals surface area (Å²) in [5.74, 6) is 0. The molecule has 0 bridgehead atoms. The maximum Gasteiger partial charge on any atom is 0.212 e. The molecular weight excluding hydrogens is 388 g/mol. The second kappa shape index (κ2) is 9.91. The molecule has 0 aliphatic carbocycles.